The molecule has 12 heteroatoms. The number of benzene rings is 3. The molecule has 3 aromatic carbocycles. The van der Waals surface area contributed by atoms with Gasteiger partial charge in [0.25, 0.3) is 5.91 Å². The van der Waals surface area contributed by atoms with Crippen molar-refractivity contribution in [1.29, 1.82) is 0 Å². The van der Waals surface area contributed by atoms with E-state index < -0.39 is 12.1 Å². The molecule has 270 valence electrons. The maximum absolute atomic E-state index is 14.4. The molecule has 0 unspecified atom stereocenters. The third-order valence-corrected chi connectivity index (χ3v) is 9.04. The average molecular weight is 691 g/mol. The molecule has 0 bridgehead atoms. The topological polar surface area (TPSA) is 131 Å². The van der Waals surface area contributed by atoms with Crippen molar-refractivity contribution in [2.24, 2.45) is 5.92 Å². The molecule has 3 amide bonds. The first-order chi connectivity index (χ1) is 24.1. The first kappa shape index (κ1) is 36.8. The molecule has 0 fully saturated rings. The third kappa shape index (κ3) is 9.80. The predicted octanol–water partition coefficient (Wildman–Crippen LogP) is 6.00. The summed E-state index contributed by atoms with van der Waals surface area (Å²) in [6.07, 6.45) is 2.24. The van der Waals surface area contributed by atoms with Gasteiger partial charge in [0, 0.05) is 49.6 Å². The van der Waals surface area contributed by atoms with Crippen LogP contribution in [-0.2, 0) is 11.3 Å². The van der Waals surface area contributed by atoms with Crippen molar-refractivity contribution >= 4 is 23.3 Å². The highest BCUT2D eigenvalue weighted by atomic mass is 16.7. The largest absolute Gasteiger partial charge is 0.497 e. The number of aliphatic hydroxyl groups excluding tert-OH is 1. The summed E-state index contributed by atoms with van der Waals surface area (Å²) in [5.41, 5.74) is 2.41. The van der Waals surface area contributed by atoms with Gasteiger partial charge in [0.15, 0.2) is 11.5 Å². The maximum atomic E-state index is 14.4. The highest BCUT2D eigenvalue weighted by Gasteiger charge is 2.30. The van der Waals surface area contributed by atoms with Gasteiger partial charge >= 0.3 is 6.03 Å². The molecule has 0 aromatic heterocycles. The van der Waals surface area contributed by atoms with Crippen LogP contribution in [0.5, 0.6) is 23.0 Å². The van der Waals surface area contributed by atoms with E-state index in [-0.39, 0.29) is 37.4 Å². The average Bonchev–Trinajstić information content (AvgIpc) is 3.58. The number of ether oxygens (including phenoxy) is 5. The Morgan fingerprint density at radius 1 is 1.00 bits per heavy atom. The van der Waals surface area contributed by atoms with Crippen molar-refractivity contribution in [2.45, 2.75) is 64.8 Å². The SMILES string of the molecule is COc1ccc(CN(C)C[C@H]2OCCCC[C@H](C)Oc3ccc(NC(=O)Nc4ccc5c(c4)OCO5)cc3C(=O)N([C@H](C)CO)C[C@@H]2C)cc1. The lowest BCUT2D eigenvalue weighted by Crippen LogP contribution is -2.47. The Morgan fingerprint density at radius 3 is 2.42 bits per heavy atom. The summed E-state index contributed by atoms with van der Waals surface area (Å²) >= 11 is 0. The number of amides is 3. The zero-order chi connectivity index (χ0) is 35.6. The van der Waals surface area contributed by atoms with Crippen LogP contribution < -0.4 is 29.6 Å². The van der Waals surface area contributed by atoms with Crippen LogP contribution in [-0.4, -0.2) is 92.3 Å². The van der Waals surface area contributed by atoms with Crippen LogP contribution in [0.4, 0.5) is 16.2 Å². The Morgan fingerprint density at radius 2 is 1.70 bits per heavy atom. The number of nitrogens with zero attached hydrogens (tertiary/aromatic N) is 2. The number of aliphatic hydroxyl groups is 1. The molecule has 4 atom stereocenters. The Balaban J connectivity index is 1.35. The van der Waals surface area contributed by atoms with Crippen molar-refractivity contribution in [3.8, 4) is 23.0 Å². The number of likely N-dealkylation sites (N-methyl/N-ethyl adjacent to an activating group) is 1. The summed E-state index contributed by atoms with van der Waals surface area (Å²) < 4.78 is 28.9. The van der Waals surface area contributed by atoms with Crippen LogP contribution in [0.2, 0.25) is 0 Å². The Kier molecular flexibility index (Phi) is 12.8. The van der Waals surface area contributed by atoms with E-state index in [0.29, 0.717) is 53.9 Å². The minimum Gasteiger partial charge on any atom is -0.497 e. The Labute approximate surface area is 294 Å². The predicted molar refractivity (Wildman–Crippen MR) is 191 cm³/mol. The molecule has 0 saturated carbocycles. The molecule has 2 heterocycles. The molecule has 2 aliphatic heterocycles. The number of rotatable bonds is 9. The summed E-state index contributed by atoms with van der Waals surface area (Å²) in [5, 5.41) is 15.9. The van der Waals surface area contributed by atoms with E-state index in [1.165, 1.54) is 0 Å². The fourth-order valence-electron chi connectivity index (χ4n) is 6.15. The number of methoxy groups -OCH3 is 1. The van der Waals surface area contributed by atoms with Gasteiger partial charge in [-0.05, 0) is 88.2 Å². The second-order valence-corrected chi connectivity index (χ2v) is 13.2. The summed E-state index contributed by atoms with van der Waals surface area (Å²) in [6, 6.07) is 17.3. The first-order valence-electron chi connectivity index (χ1n) is 17.3. The van der Waals surface area contributed by atoms with Gasteiger partial charge in [-0.15, -0.1) is 0 Å². The number of anilines is 2. The fourth-order valence-corrected chi connectivity index (χ4v) is 6.15. The minimum atomic E-state index is -0.487. The molecule has 0 saturated heterocycles. The molecule has 50 heavy (non-hydrogen) atoms. The highest BCUT2D eigenvalue weighted by Crippen LogP contribution is 2.34. The third-order valence-electron chi connectivity index (χ3n) is 9.04. The van der Waals surface area contributed by atoms with Gasteiger partial charge in [-0.25, -0.2) is 4.79 Å². The first-order valence-corrected chi connectivity index (χ1v) is 17.3. The number of urea groups is 1. The monoisotopic (exact) mass is 690 g/mol. The minimum absolute atomic E-state index is 0.0636. The number of carbonyl (C=O) groups is 2. The molecular formula is C38H50N4O8. The Hall–Kier alpha value is -4.52. The number of carbonyl (C=O) groups excluding carboxylic acids is 2. The quantitative estimate of drug-likeness (QED) is 0.248. The lowest BCUT2D eigenvalue weighted by Gasteiger charge is -2.36. The van der Waals surface area contributed by atoms with Gasteiger partial charge in [0.2, 0.25) is 6.79 Å². The van der Waals surface area contributed by atoms with E-state index >= 15 is 0 Å². The van der Waals surface area contributed by atoms with Crippen LogP contribution in [0.3, 0.4) is 0 Å². The molecular weight excluding hydrogens is 640 g/mol. The van der Waals surface area contributed by atoms with E-state index in [9.17, 15) is 14.7 Å². The highest BCUT2D eigenvalue weighted by molar-refractivity contribution is 6.02. The van der Waals surface area contributed by atoms with Gasteiger partial charge in [-0.1, -0.05) is 19.1 Å². The van der Waals surface area contributed by atoms with Crippen LogP contribution in [0, 0.1) is 5.92 Å². The van der Waals surface area contributed by atoms with Crippen molar-refractivity contribution < 1.29 is 38.4 Å². The van der Waals surface area contributed by atoms with Crippen molar-refractivity contribution in [1.82, 2.24) is 9.80 Å². The number of hydrogen-bond acceptors (Lipinski definition) is 9. The van der Waals surface area contributed by atoms with Gasteiger partial charge in [0.05, 0.1) is 37.5 Å². The van der Waals surface area contributed by atoms with Gasteiger partial charge in [-0.3, -0.25) is 9.69 Å². The lowest BCUT2D eigenvalue weighted by molar-refractivity contribution is -0.0177. The smallest absolute Gasteiger partial charge is 0.323 e. The zero-order valence-corrected chi connectivity index (χ0v) is 29.6. The molecule has 0 radical (unpaired) electrons. The second-order valence-electron chi connectivity index (χ2n) is 13.2. The van der Waals surface area contributed by atoms with Crippen LogP contribution in [0.1, 0.15) is 56.0 Å². The molecule has 2 aliphatic rings. The van der Waals surface area contributed by atoms with Crippen molar-refractivity contribution in [2.75, 3.05) is 57.9 Å². The molecule has 5 rings (SSSR count). The van der Waals surface area contributed by atoms with E-state index in [2.05, 4.69) is 41.6 Å². The summed E-state index contributed by atoms with van der Waals surface area (Å²) in [4.78, 5) is 31.4. The van der Waals surface area contributed by atoms with Crippen LogP contribution in [0.15, 0.2) is 60.7 Å². The molecule has 0 aliphatic carbocycles. The zero-order valence-electron chi connectivity index (χ0n) is 29.6. The maximum Gasteiger partial charge on any atom is 0.323 e. The number of fused-ring (bicyclic) bond motifs is 2. The molecule has 0 spiro atoms. The molecule has 12 nitrogen and oxygen atoms in total. The second kappa shape index (κ2) is 17.4. The van der Waals surface area contributed by atoms with E-state index in [0.717, 1.165) is 37.1 Å². The van der Waals surface area contributed by atoms with Crippen LogP contribution in [0.25, 0.3) is 0 Å². The fraction of sp³-hybridized carbons (Fsp3) is 0.474. The van der Waals surface area contributed by atoms with E-state index in [1.54, 1.807) is 48.4 Å². The van der Waals surface area contributed by atoms with Gasteiger partial charge in [-0.2, -0.15) is 0 Å². The van der Waals surface area contributed by atoms with Gasteiger partial charge < -0.3 is 44.3 Å². The van der Waals surface area contributed by atoms with Crippen LogP contribution >= 0.6 is 0 Å². The summed E-state index contributed by atoms with van der Waals surface area (Å²) in [5.74, 6) is 2.04. The summed E-state index contributed by atoms with van der Waals surface area (Å²) in [7, 11) is 3.72. The lowest BCUT2D eigenvalue weighted by atomic mass is 10.0. The van der Waals surface area contributed by atoms with Gasteiger partial charge in [0.1, 0.15) is 11.5 Å². The normalized spacial score (nSPS) is 20.3. The van der Waals surface area contributed by atoms with Crippen molar-refractivity contribution in [3.63, 3.8) is 0 Å². The summed E-state index contributed by atoms with van der Waals surface area (Å²) in [6.45, 7) is 8.14. The standard InChI is InChI=1S/C38H50N4O8/c1-25-20-42(26(2)23-43)37(44)32-18-29(39-38(45)40-30-12-16-34-35(19-30)49-24-48-34)11-15-33(32)50-27(3)8-6-7-17-47-36(25)22-41(4)21-28-9-13-31(46-5)14-10-28/h9-16,18-19,25-27,36,43H,6-8,17,20-24H2,1-5H3,(H2,39,40,45)/t25-,26+,27-,36+/m0/s1. The Bertz CT molecular complexity index is 1590. The van der Waals surface area contributed by atoms with Crippen molar-refractivity contribution in [3.05, 3.63) is 71.8 Å². The van der Waals surface area contributed by atoms with E-state index in [4.69, 9.17) is 23.7 Å². The number of hydrogen-bond donors (Lipinski definition) is 3. The molecule has 3 aromatic rings. The molecule has 3 N–H and O–H groups in total. The number of nitrogens with one attached hydrogen (secondary N) is 2. The van der Waals surface area contributed by atoms with E-state index in [1.807, 2.05) is 26.0 Å².